The Hall–Kier alpha value is -1.52. The van der Waals surface area contributed by atoms with Gasteiger partial charge in [-0.05, 0) is 50.9 Å². The number of nitrogens with zero attached hydrogens (tertiary/aromatic N) is 3. The van der Waals surface area contributed by atoms with Crippen molar-refractivity contribution in [2.75, 3.05) is 10.2 Å². The van der Waals surface area contributed by atoms with Gasteiger partial charge in [0.25, 0.3) is 0 Å². The van der Waals surface area contributed by atoms with Crippen LogP contribution >= 0.6 is 16.1 Å². The summed E-state index contributed by atoms with van der Waals surface area (Å²) >= 11 is 0. The second-order valence-electron chi connectivity index (χ2n) is 8.79. The molecule has 0 aliphatic carbocycles. The largest absolute Gasteiger partial charge is 0.416 e. The van der Waals surface area contributed by atoms with Crippen LogP contribution in [-0.4, -0.2) is 37.6 Å². The molecule has 0 unspecified atom stereocenters. The zero-order chi connectivity index (χ0) is 24.2. The number of aromatic nitrogens is 3. The highest BCUT2D eigenvalue weighted by Gasteiger charge is 2.30. The minimum Gasteiger partial charge on any atom is -0.333 e. The summed E-state index contributed by atoms with van der Waals surface area (Å²) in [6.07, 6.45) is -4.38. The average Bonchev–Trinajstić information content (AvgIpc) is 2.68. The van der Waals surface area contributed by atoms with Gasteiger partial charge in [0.1, 0.15) is 0 Å². The van der Waals surface area contributed by atoms with Crippen LogP contribution < -0.4 is 10.2 Å². The molecule has 1 aromatic carbocycles. The number of nitrogens with one attached hydrogen (secondary N) is 2. The molecule has 0 radical (unpaired) electrons. The van der Waals surface area contributed by atoms with Gasteiger partial charge in [-0.25, -0.2) is 0 Å². The van der Waals surface area contributed by atoms with Gasteiger partial charge in [-0.15, -0.1) is 0 Å². The van der Waals surface area contributed by atoms with Gasteiger partial charge in [-0.1, -0.05) is 67.5 Å². The van der Waals surface area contributed by atoms with Gasteiger partial charge in [0.15, 0.2) is 5.82 Å². The quantitative estimate of drug-likeness (QED) is 0.353. The Balaban J connectivity index is 2.50. The lowest BCUT2D eigenvalue weighted by Crippen LogP contribution is -2.15. The Labute approximate surface area is 192 Å². The fraction of sp³-hybridized carbons (Fsp3) is 0.591. The van der Waals surface area contributed by atoms with Crippen molar-refractivity contribution in [1.82, 2.24) is 15.0 Å². The van der Waals surface area contributed by atoms with Crippen LogP contribution in [0.4, 0.5) is 25.1 Å². The Morgan fingerprint density at radius 2 is 1.03 bits per heavy atom. The van der Waals surface area contributed by atoms with E-state index in [0.29, 0.717) is 45.9 Å². The third kappa shape index (κ3) is 7.25. The summed E-state index contributed by atoms with van der Waals surface area (Å²) in [6.45, 7) is 17.3. The highest BCUT2D eigenvalue weighted by Crippen LogP contribution is 2.47. The topological polar surface area (TPSA) is 62.7 Å². The molecule has 0 saturated heterocycles. The van der Waals surface area contributed by atoms with Gasteiger partial charge < -0.3 is 10.2 Å². The van der Waals surface area contributed by atoms with E-state index in [1.165, 1.54) is 12.1 Å². The normalized spacial score (nSPS) is 12.7. The van der Waals surface area contributed by atoms with Crippen LogP contribution in [-0.2, 0) is 6.18 Å². The van der Waals surface area contributed by atoms with Crippen molar-refractivity contribution in [2.24, 2.45) is 0 Å². The first-order valence-electron chi connectivity index (χ1n) is 10.8. The molecule has 0 saturated carbocycles. The minimum atomic E-state index is -4.38. The van der Waals surface area contributed by atoms with E-state index in [-0.39, 0.29) is 0 Å². The number of anilines is 2. The first kappa shape index (κ1) is 26.7. The summed E-state index contributed by atoms with van der Waals surface area (Å²) in [4.78, 5) is 13.8. The van der Waals surface area contributed by atoms with Crippen LogP contribution in [0.15, 0.2) is 24.3 Å². The number of alkyl halides is 3. The van der Waals surface area contributed by atoms with E-state index in [0.717, 1.165) is 12.1 Å². The Bertz CT molecular complexity index is 815. The van der Waals surface area contributed by atoms with Gasteiger partial charge >= 0.3 is 6.18 Å². The van der Waals surface area contributed by atoms with Crippen molar-refractivity contribution in [1.29, 1.82) is 0 Å². The first-order valence-corrected chi connectivity index (χ1v) is 13.8. The minimum absolute atomic E-state index is 0.351. The maximum absolute atomic E-state index is 13.0. The third-order valence-electron chi connectivity index (χ3n) is 4.79. The molecular formula is C22H34F3N5P2. The lowest BCUT2D eigenvalue weighted by molar-refractivity contribution is -0.137. The van der Waals surface area contributed by atoms with E-state index >= 15 is 0 Å². The molecule has 1 aromatic heterocycles. The van der Waals surface area contributed by atoms with Crippen LogP contribution in [0.5, 0.6) is 0 Å². The van der Waals surface area contributed by atoms with E-state index in [2.05, 4.69) is 80.5 Å². The standard InChI is InChI=1S/C22H34F3N5P2/c1-13(2)31(14(3)4)29-20-26-19(17-9-11-18(12-10-17)22(23,24)25)27-21(28-20)30-32(15(5)6)16(7)8/h9-16H,1-8H3,(H2,26,27,28,29,30). The van der Waals surface area contributed by atoms with E-state index in [4.69, 9.17) is 0 Å². The van der Waals surface area contributed by atoms with Crippen molar-refractivity contribution in [3.8, 4) is 11.4 Å². The maximum atomic E-state index is 13.0. The summed E-state index contributed by atoms with van der Waals surface area (Å²) in [5, 5.41) is 6.97. The summed E-state index contributed by atoms with van der Waals surface area (Å²) in [6, 6.07) is 4.94. The van der Waals surface area contributed by atoms with Crippen molar-refractivity contribution in [3.63, 3.8) is 0 Å². The second-order valence-corrected chi connectivity index (χ2v) is 15.0. The molecule has 32 heavy (non-hydrogen) atoms. The Morgan fingerprint density at radius 3 is 1.34 bits per heavy atom. The van der Waals surface area contributed by atoms with E-state index < -0.39 is 27.9 Å². The highest BCUT2D eigenvalue weighted by molar-refractivity contribution is 7.60. The van der Waals surface area contributed by atoms with Crippen molar-refractivity contribution in [2.45, 2.75) is 84.2 Å². The lowest BCUT2D eigenvalue weighted by atomic mass is 10.1. The van der Waals surface area contributed by atoms with Crippen LogP contribution in [0.3, 0.4) is 0 Å². The molecule has 5 nitrogen and oxygen atoms in total. The molecule has 0 aliphatic rings. The number of halogens is 3. The summed E-state index contributed by atoms with van der Waals surface area (Å²) in [7, 11) is -1.18. The smallest absolute Gasteiger partial charge is 0.333 e. The van der Waals surface area contributed by atoms with Gasteiger partial charge in [0.05, 0.1) is 5.56 Å². The first-order chi connectivity index (χ1) is 14.8. The fourth-order valence-electron chi connectivity index (χ4n) is 3.35. The van der Waals surface area contributed by atoms with Crippen molar-refractivity contribution in [3.05, 3.63) is 29.8 Å². The molecule has 178 valence electrons. The molecule has 2 aromatic rings. The van der Waals surface area contributed by atoms with Gasteiger partial charge in [-0.2, -0.15) is 28.1 Å². The maximum Gasteiger partial charge on any atom is 0.416 e. The number of benzene rings is 1. The van der Waals surface area contributed by atoms with Crippen molar-refractivity contribution >= 4 is 28.0 Å². The molecule has 0 atom stereocenters. The Kier molecular flexibility index (Phi) is 9.25. The molecule has 0 spiro atoms. The molecule has 0 fully saturated rings. The van der Waals surface area contributed by atoms with E-state index in [1.807, 2.05) is 0 Å². The monoisotopic (exact) mass is 487 g/mol. The van der Waals surface area contributed by atoms with E-state index in [1.54, 1.807) is 0 Å². The molecule has 0 aliphatic heterocycles. The molecule has 2 rings (SSSR count). The molecule has 10 heteroatoms. The van der Waals surface area contributed by atoms with Gasteiger partial charge in [0, 0.05) is 5.56 Å². The zero-order valence-corrected chi connectivity index (χ0v) is 21.8. The van der Waals surface area contributed by atoms with Crippen LogP contribution in [0.1, 0.15) is 61.0 Å². The summed E-state index contributed by atoms with van der Waals surface area (Å²) in [5.74, 6) is 1.25. The molecule has 0 amide bonds. The number of hydrogen-bond acceptors (Lipinski definition) is 5. The van der Waals surface area contributed by atoms with Gasteiger partial charge in [0.2, 0.25) is 11.9 Å². The predicted octanol–water partition coefficient (Wildman–Crippen LogP) is 7.81. The van der Waals surface area contributed by atoms with Gasteiger partial charge in [-0.3, -0.25) is 0 Å². The van der Waals surface area contributed by atoms with Crippen LogP contribution in [0, 0.1) is 0 Å². The third-order valence-corrected chi connectivity index (χ3v) is 10.2. The average molecular weight is 487 g/mol. The fourth-order valence-corrected chi connectivity index (χ4v) is 7.43. The van der Waals surface area contributed by atoms with Crippen LogP contribution in [0.2, 0.25) is 0 Å². The summed E-state index contributed by atoms with van der Waals surface area (Å²) < 4.78 is 38.9. The van der Waals surface area contributed by atoms with Crippen LogP contribution in [0.25, 0.3) is 11.4 Å². The molecular weight excluding hydrogens is 453 g/mol. The molecule has 2 N–H and O–H groups in total. The summed E-state index contributed by atoms with van der Waals surface area (Å²) in [5.41, 5.74) is 1.47. The van der Waals surface area contributed by atoms with E-state index in [9.17, 15) is 13.2 Å². The predicted molar refractivity (Wildman–Crippen MR) is 132 cm³/mol. The lowest BCUT2D eigenvalue weighted by Gasteiger charge is -2.28. The zero-order valence-electron chi connectivity index (χ0n) is 20.0. The number of hydrogen-bond donors (Lipinski definition) is 2. The molecule has 1 heterocycles. The molecule has 0 bridgehead atoms. The number of rotatable bonds is 9. The highest BCUT2D eigenvalue weighted by atomic mass is 31.1. The Morgan fingerprint density at radius 1 is 0.656 bits per heavy atom. The second kappa shape index (κ2) is 11.1. The van der Waals surface area contributed by atoms with Crippen molar-refractivity contribution < 1.29 is 13.2 Å². The SMILES string of the molecule is CC(C)P(Nc1nc(NP(C(C)C)C(C)C)nc(-c2ccc(C(F)(F)F)cc2)n1)C(C)C.